The molecule has 1 saturated heterocycles. The number of anilines is 1. The van der Waals surface area contributed by atoms with Gasteiger partial charge in [0.15, 0.2) is 5.96 Å². The Labute approximate surface area is 158 Å². The molecule has 9 heteroatoms. The van der Waals surface area contributed by atoms with Crippen LogP contribution >= 0.6 is 24.0 Å². The van der Waals surface area contributed by atoms with Gasteiger partial charge in [-0.25, -0.2) is 0 Å². The minimum Gasteiger partial charge on any atom is -0.378 e. The van der Waals surface area contributed by atoms with E-state index in [0.29, 0.717) is 24.7 Å². The molecule has 1 aromatic carbocycles. The Kier molecular flexibility index (Phi) is 9.38. The Hall–Kier alpha value is -1.62. The van der Waals surface area contributed by atoms with Crippen molar-refractivity contribution in [3.05, 3.63) is 34.4 Å². The third kappa shape index (κ3) is 6.48. The van der Waals surface area contributed by atoms with Gasteiger partial charge in [-0.05, 0) is 18.9 Å². The number of nitrogens with zero attached hydrogens (tertiary/aromatic N) is 2. The topological polar surface area (TPSA) is 101 Å². The first-order chi connectivity index (χ1) is 11.2. The molecule has 1 heterocycles. The van der Waals surface area contributed by atoms with Crippen LogP contribution in [0.4, 0.5) is 11.4 Å². The Bertz CT molecular complexity index is 550. The summed E-state index contributed by atoms with van der Waals surface area (Å²) in [7, 11) is 1.71. The van der Waals surface area contributed by atoms with Crippen LogP contribution in [0.25, 0.3) is 0 Å². The second-order valence-corrected chi connectivity index (χ2v) is 5.22. The van der Waals surface area contributed by atoms with E-state index < -0.39 is 4.92 Å². The predicted octanol–water partition coefficient (Wildman–Crippen LogP) is 1.97. The molecule has 0 radical (unpaired) electrons. The highest BCUT2D eigenvalue weighted by Gasteiger charge is 2.15. The summed E-state index contributed by atoms with van der Waals surface area (Å²) < 4.78 is 5.55. The summed E-state index contributed by atoms with van der Waals surface area (Å²) in [6.07, 6.45) is 2.43. The SMILES string of the molecule is CN=C(NCCNc1ccccc1[N+](=O)[O-])NCC1CCCO1.I. The molecular weight excluding hydrogens is 425 g/mol. The van der Waals surface area contributed by atoms with Gasteiger partial charge in [-0.1, -0.05) is 12.1 Å². The fourth-order valence-electron chi connectivity index (χ4n) is 2.40. The molecule has 1 aromatic rings. The molecule has 1 aliphatic rings. The average molecular weight is 449 g/mol. The molecule has 24 heavy (non-hydrogen) atoms. The molecule has 0 spiro atoms. The van der Waals surface area contributed by atoms with Crippen LogP contribution in [-0.4, -0.2) is 50.3 Å². The fourth-order valence-corrected chi connectivity index (χ4v) is 2.40. The largest absolute Gasteiger partial charge is 0.378 e. The molecule has 2 rings (SSSR count). The standard InChI is InChI=1S/C15H23N5O3.HI/c1-16-15(19-11-12-5-4-10-23-12)18-9-8-17-13-6-2-3-7-14(13)20(21)22;/h2-3,6-7,12,17H,4-5,8-11H2,1H3,(H2,16,18,19);1H. The Morgan fingerprint density at radius 1 is 1.38 bits per heavy atom. The lowest BCUT2D eigenvalue weighted by molar-refractivity contribution is -0.384. The van der Waals surface area contributed by atoms with E-state index in [1.165, 1.54) is 6.07 Å². The van der Waals surface area contributed by atoms with Crippen LogP contribution in [0.1, 0.15) is 12.8 Å². The minimum atomic E-state index is -0.391. The smallest absolute Gasteiger partial charge is 0.292 e. The number of para-hydroxylation sites is 2. The van der Waals surface area contributed by atoms with E-state index in [1.54, 1.807) is 25.2 Å². The molecule has 0 amide bonds. The number of hydrogen-bond acceptors (Lipinski definition) is 5. The molecule has 1 fully saturated rings. The van der Waals surface area contributed by atoms with Crippen molar-refractivity contribution in [3.63, 3.8) is 0 Å². The lowest BCUT2D eigenvalue weighted by atomic mass is 10.2. The van der Waals surface area contributed by atoms with Crippen LogP contribution in [0.15, 0.2) is 29.3 Å². The van der Waals surface area contributed by atoms with Gasteiger partial charge in [0.1, 0.15) is 5.69 Å². The average Bonchev–Trinajstić information content (AvgIpc) is 3.08. The summed E-state index contributed by atoms with van der Waals surface area (Å²) in [4.78, 5) is 14.7. The van der Waals surface area contributed by atoms with Crippen LogP contribution in [0.2, 0.25) is 0 Å². The monoisotopic (exact) mass is 449 g/mol. The first-order valence-electron chi connectivity index (χ1n) is 7.74. The molecule has 0 saturated carbocycles. The number of guanidine groups is 1. The summed E-state index contributed by atoms with van der Waals surface area (Å²) in [5.74, 6) is 0.699. The van der Waals surface area contributed by atoms with Crippen molar-refractivity contribution in [2.45, 2.75) is 18.9 Å². The van der Waals surface area contributed by atoms with Crippen molar-refractivity contribution in [1.82, 2.24) is 10.6 Å². The predicted molar refractivity (Wildman–Crippen MR) is 105 cm³/mol. The van der Waals surface area contributed by atoms with Crippen molar-refractivity contribution >= 4 is 41.3 Å². The van der Waals surface area contributed by atoms with Gasteiger partial charge in [0.25, 0.3) is 5.69 Å². The lowest BCUT2D eigenvalue weighted by Gasteiger charge is -2.15. The van der Waals surface area contributed by atoms with Crippen molar-refractivity contribution < 1.29 is 9.66 Å². The normalized spacial score (nSPS) is 17.0. The van der Waals surface area contributed by atoms with Crippen molar-refractivity contribution in [2.24, 2.45) is 4.99 Å². The van der Waals surface area contributed by atoms with E-state index in [0.717, 1.165) is 26.0 Å². The van der Waals surface area contributed by atoms with Crippen molar-refractivity contribution in [1.29, 1.82) is 0 Å². The molecular formula is C15H24IN5O3. The Morgan fingerprint density at radius 3 is 2.83 bits per heavy atom. The molecule has 0 bridgehead atoms. The summed E-state index contributed by atoms with van der Waals surface area (Å²) in [5.41, 5.74) is 0.593. The zero-order chi connectivity index (χ0) is 16.5. The zero-order valence-electron chi connectivity index (χ0n) is 13.7. The van der Waals surface area contributed by atoms with Gasteiger partial charge >= 0.3 is 0 Å². The van der Waals surface area contributed by atoms with Crippen LogP contribution in [-0.2, 0) is 4.74 Å². The maximum atomic E-state index is 10.9. The van der Waals surface area contributed by atoms with Crippen molar-refractivity contribution in [2.75, 3.05) is 38.6 Å². The van der Waals surface area contributed by atoms with E-state index in [2.05, 4.69) is 20.9 Å². The second-order valence-electron chi connectivity index (χ2n) is 5.22. The van der Waals surface area contributed by atoms with Gasteiger partial charge < -0.3 is 20.7 Å². The highest BCUT2D eigenvalue weighted by Crippen LogP contribution is 2.22. The molecule has 0 aliphatic carbocycles. The number of hydrogen-bond donors (Lipinski definition) is 3. The van der Waals surface area contributed by atoms with Gasteiger partial charge in [-0.15, -0.1) is 24.0 Å². The van der Waals surface area contributed by atoms with E-state index in [1.807, 2.05) is 0 Å². The fraction of sp³-hybridized carbons (Fsp3) is 0.533. The number of nitro benzene ring substituents is 1. The van der Waals surface area contributed by atoms with Gasteiger partial charge in [0.2, 0.25) is 0 Å². The number of halogens is 1. The first-order valence-corrected chi connectivity index (χ1v) is 7.74. The summed E-state index contributed by atoms with van der Waals surface area (Å²) in [6.45, 7) is 2.71. The summed E-state index contributed by atoms with van der Waals surface area (Å²) in [6, 6.07) is 6.60. The second kappa shape index (κ2) is 11.0. The van der Waals surface area contributed by atoms with E-state index in [9.17, 15) is 10.1 Å². The van der Waals surface area contributed by atoms with Gasteiger partial charge in [-0.3, -0.25) is 15.1 Å². The molecule has 1 atom stereocenters. The Balaban J connectivity index is 0.00000288. The number of nitro groups is 1. The number of benzene rings is 1. The number of nitrogens with one attached hydrogen (secondary N) is 3. The molecule has 0 aromatic heterocycles. The molecule has 134 valence electrons. The van der Waals surface area contributed by atoms with Crippen LogP contribution < -0.4 is 16.0 Å². The zero-order valence-corrected chi connectivity index (χ0v) is 16.0. The first kappa shape index (κ1) is 20.4. The quantitative estimate of drug-likeness (QED) is 0.147. The molecule has 8 nitrogen and oxygen atoms in total. The van der Waals surface area contributed by atoms with Gasteiger partial charge in [0, 0.05) is 39.4 Å². The molecule has 3 N–H and O–H groups in total. The van der Waals surface area contributed by atoms with Crippen LogP contribution in [0, 0.1) is 10.1 Å². The van der Waals surface area contributed by atoms with E-state index in [4.69, 9.17) is 4.74 Å². The van der Waals surface area contributed by atoms with Gasteiger partial charge in [-0.2, -0.15) is 0 Å². The summed E-state index contributed by atoms with van der Waals surface area (Å²) >= 11 is 0. The van der Waals surface area contributed by atoms with Gasteiger partial charge in [0.05, 0.1) is 11.0 Å². The molecule has 1 unspecified atom stereocenters. The number of aliphatic imine (C=N–C) groups is 1. The van der Waals surface area contributed by atoms with Crippen LogP contribution in [0.3, 0.4) is 0 Å². The highest BCUT2D eigenvalue weighted by molar-refractivity contribution is 14.0. The Morgan fingerprint density at radius 2 is 2.17 bits per heavy atom. The number of ether oxygens (including phenoxy) is 1. The third-order valence-corrected chi connectivity index (χ3v) is 3.58. The molecule has 1 aliphatic heterocycles. The number of rotatable bonds is 7. The van der Waals surface area contributed by atoms with Crippen LogP contribution in [0.5, 0.6) is 0 Å². The lowest BCUT2D eigenvalue weighted by Crippen LogP contribution is -2.42. The highest BCUT2D eigenvalue weighted by atomic mass is 127. The summed E-state index contributed by atoms with van der Waals surface area (Å²) in [5, 5.41) is 20.4. The third-order valence-electron chi connectivity index (χ3n) is 3.58. The maximum Gasteiger partial charge on any atom is 0.292 e. The van der Waals surface area contributed by atoms with E-state index >= 15 is 0 Å². The van der Waals surface area contributed by atoms with Crippen molar-refractivity contribution in [3.8, 4) is 0 Å². The minimum absolute atomic E-state index is 0. The van der Waals surface area contributed by atoms with E-state index in [-0.39, 0.29) is 35.8 Å². The maximum absolute atomic E-state index is 10.9.